The molecule has 2 aromatic rings. The zero-order chi connectivity index (χ0) is 13.5. The minimum Gasteiger partial charge on any atom is -0.356 e. The zero-order valence-electron chi connectivity index (χ0n) is 11.0. The second-order valence-electron chi connectivity index (χ2n) is 4.37. The van der Waals surface area contributed by atoms with Crippen LogP contribution in [0.25, 0.3) is 0 Å². The number of aromatic nitrogens is 3. The molecule has 0 saturated carbocycles. The molecule has 19 heavy (non-hydrogen) atoms. The number of nitrogens with zero attached hydrogens (tertiary/aromatic N) is 3. The average Bonchev–Trinajstić information content (AvgIpc) is 3.01. The monoisotopic (exact) mass is 278 g/mol. The summed E-state index contributed by atoms with van der Waals surface area (Å²) >= 11 is 1.79. The lowest BCUT2D eigenvalue weighted by Crippen LogP contribution is -2.25. The first-order chi connectivity index (χ1) is 9.24. The molecule has 0 aliphatic heterocycles. The van der Waals surface area contributed by atoms with Gasteiger partial charge in [-0.05, 0) is 31.9 Å². The largest absolute Gasteiger partial charge is 0.356 e. The van der Waals surface area contributed by atoms with Gasteiger partial charge in [-0.3, -0.25) is 9.48 Å². The van der Waals surface area contributed by atoms with Gasteiger partial charge in [-0.25, -0.2) is 4.98 Å². The van der Waals surface area contributed by atoms with Gasteiger partial charge in [0.15, 0.2) is 0 Å². The van der Waals surface area contributed by atoms with E-state index >= 15 is 0 Å². The first-order valence-corrected chi connectivity index (χ1v) is 7.20. The van der Waals surface area contributed by atoms with Crippen molar-refractivity contribution in [1.29, 1.82) is 0 Å². The summed E-state index contributed by atoms with van der Waals surface area (Å²) in [5.41, 5.74) is 0. The van der Waals surface area contributed by atoms with E-state index in [2.05, 4.69) is 34.5 Å². The van der Waals surface area contributed by atoms with E-state index in [-0.39, 0.29) is 5.91 Å². The topological polar surface area (TPSA) is 59.8 Å². The second-order valence-corrected chi connectivity index (χ2v) is 5.75. The van der Waals surface area contributed by atoms with E-state index in [0.717, 1.165) is 19.4 Å². The summed E-state index contributed by atoms with van der Waals surface area (Å²) in [6, 6.07) is 4.23. The van der Waals surface area contributed by atoms with Crippen LogP contribution in [-0.4, -0.2) is 27.2 Å². The Bertz CT molecular complexity index is 506. The standard InChI is InChI=1S/C13H18N4OS/c1-11-4-5-12(19-11)6-7-15-13(18)3-2-8-17-10-14-9-16-17/h4-5,9-10H,2-3,6-8H2,1H3,(H,15,18). The molecule has 0 spiro atoms. The number of hydrogen-bond acceptors (Lipinski definition) is 4. The van der Waals surface area contributed by atoms with E-state index in [4.69, 9.17) is 0 Å². The quantitative estimate of drug-likeness (QED) is 0.840. The predicted molar refractivity (Wildman–Crippen MR) is 75.0 cm³/mol. The maximum Gasteiger partial charge on any atom is 0.220 e. The molecule has 0 aliphatic rings. The van der Waals surface area contributed by atoms with Crippen LogP contribution in [0.1, 0.15) is 22.6 Å². The molecule has 0 unspecified atom stereocenters. The van der Waals surface area contributed by atoms with Gasteiger partial charge in [0.05, 0.1) is 0 Å². The normalized spacial score (nSPS) is 10.6. The molecule has 0 fully saturated rings. The van der Waals surface area contributed by atoms with Crippen LogP contribution < -0.4 is 5.32 Å². The Balaban J connectivity index is 1.57. The van der Waals surface area contributed by atoms with Gasteiger partial charge in [0, 0.05) is 29.3 Å². The van der Waals surface area contributed by atoms with E-state index in [9.17, 15) is 4.79 Å². The van der Waals surface area contributed by atoms with Crippen molar-refractivity contribution in [3.8, 4) is 0 Å². The zero-order valence-corrected chi connectivity index (χ0v) is 11.8. The lowest BCUT2D eigenvalue weighted by molar-refractivity contribution is -0.121. The van der Waals surface area contributed by atoms with Crippen LogP contribution in [0.2, 0.25) is 0 Å². The van der Waals surface area contributed by atoms with Crippen molar-refractivity contribution in [3.63, 3.8) is 0 Å². The first-order valence-electron chi connectivity index (χ1n) is 6.38. The van der Waals surface area contributed by atoms with Gasteiger partial charge in [0.1, 0.15) is 12.7 Å². The number of nitrogens with one attached hydrogen (secondary N) is 1. The summed E-state index contributed by atoms with van der Waals surface area (Å²) in [6.45, 7) is 3.54. The summed E-state index contributed by atoms with van der Waals surface area (Å²) < 4.78 is 1.74. The first kappa shape index (κ1) is 13.7. The third kappa shape index (κ3) is 4.82. The molecule has 0 aromatic carbocycles. The van der Waals surface area contributed by atoms with Crippen LogP contribution in [-0.2, 0) is 17.8 Å². The number of hydrogen-bond donors (Lipinski definition) is 1. The second kappa shape index (κ2) is 7.04. The Morgan fingerprint density at radius 1 is 1.47 bits per heavy atom. The molecule has 0 bridgehead atoms. The van der Waals surface area contributed by atoms with Crippen molar-refractivity contribution in [2.75, 3.05) is 6.54 Å². The van der Waals surface area contributed by atoms with Crippen LogP contribution in [0.3, 0.4) is 0 Å². The number of carbonyl (C=O) groups excluding carboxylic acids is 1. The van der Waals surface area contributed by atoms with E-state index in [1.165, 1.54) is 16.1 Å². The van der Waals surface area contributed by atoms with Gasteiger partial charge < -0.3 is 5.32 Å². The fraction of sp³-hybridized carbons (Fsp3) is 0.462. The Hall–Kier alpha value is -1.69. The third-order valence-electron chi connectivity index (χ3n) is 2.75. The molecular weight excluding hydrogens is 260 g/mol. The van der Waals surface area contributed by atoms with Crippen molar-refractivity contribution in [2.24, 2.45) is 0 Å². The average molecular weight is 278 g/mol. The fourth-order valence-electron chi connectivity index (χ4n) is 1.78. The van der Waals surface area contributed by atoms with Crippen molar-refractivity contribution in [1.82, 2.24) is 20.1 Å². The molecule has 6 heteroatoms. The summed E-state index contributed by atoms with van der Waals surface area (Å²) in [4.78, 5) is 18.1. The van der Waals surface area contributed by atoms with Crippen LogP contribution in [0.4, 0.5) is 0 Å². The molecule has 2 rings (SSSR count). The Morgan fingerprint density at radius 2 is 2.37 bits per heavy atom. The van der Waals surface area contributed by atoms with Crippen molar-refractivity contribution < 1.29 is 4.79 Å². The van der Waals surface area contributed by atoms with Gasteiger partial charge >= 0.3 is 0 Å². The minimum absolute atomic E-state index is 0.105. The molecule has 0 saturated heterocycles. The summed E-state index contributed by atoms with van der Waals surface area (Å²) in [6.07, 6.45) is 5.39. The summed E-state index contributed by atoms with van der Waals surface area (Å²) in [5, 5.41) is 6.94. The minimum atomic E-state index is 0.105. The molecule has 1 N–H and O–H groups in total. The van der Waals surface area contributed by atoms with Crippen LogP contribution in [0.5, 0.6) is 0 Å². The Kier molecular flexibility index (Phi) is 5.09. The maximum absolute atomic E-state index is 11.6. The lowest BCUT2D eigenvalue weighted by Gasteiger charge is -2.04. The number of rotatable bonds is 7. The maximum atomic E-state index is 11.6. The Morgan fingerprint density at radius 3 is 3.05 bits per heavy atom. The molecule has 0 atom stereocenters. The van der Waals surface area contributed by atoms with E-state index in [1.54, 1.807) is 22.3 Å². The van der Waals surface area contributed by atoms with Gasteiger partial charge in [-0.1, -0.05) is 0 Å². The number of thiophene rings is 1. The van der Waals surface area contributed by atoms with Crippen molar-refractivity contribution >= 4 is 17.2 Å². The molecule has 0 aliphatic carbocycles. The van der Waals surface area contributed by atoms with Crippen LogP contribution in [0.15, 0.2) is 24.8 Å². The van der Waals surface area contributed by atoms with E-state index < -0.39 is 0 Å². The number of amides is 1. The lowest BCUT2D eigenvalue weighted by atomic mass is 10.3. The highest BCUT2D eigenvalue weighted by molar-refractivity contribution is 7.11. The van der Waals surface area contributed by atoms with Crippen molar-refractivity contribution in [3.05, 3.63) is 34.5 Å². The van der Waals surface area contributed by atoms with Gasteiger partial charge in [-0.15, -0.1) is 11.3 Å². The highest BCUT2D eigenvalue weighted by atomic mass is 32.1. The predicted octanol–water partition coefficient (Wildman–Crippen LogP) is 1.79. The molecule has 2 heterocycles. The number of aryl methyl sites for hydroxylation is 2. The van der Waals surface area contributed by atoms with Crippen molar-refractivity contribution in [2.45, 2.75) is 32.7 Å². The molecule has 1 amide bonds. The van der Waals surface area contributed by atoms with Gasteiger partial charge in [-0.2, -0.15) is 5.10 Å². The molecule has 5 nitrogen and oxygen atoms in total. The van der Waals surface area contributed by atoms with Gasteiger partial charge in [0.25, 0.3) is 0 Å². The molecule has 102 valence electrons. The summed E-state index contributed by atoms with van der Waals surface area (Å²) in [7, 11) is 0. The molecular formula is C13H18N4OS. The smallest absolute Gasteiger partial charge is 0.220 e. The molecule has 0 radical (unpaired) electrons. The highest BCUT2D eigenvalue weighted by Gasteiger charge is 2.02. The van der Waals surface area contributed by atoms with E-state index in [0.29, 0.717) is 13.0 Å². The van der Waals surface area contributed by atoms with Crippen LogP contribution >= 0.6 is 11.3 Å². The van der Waals surface area contributed by atoms with Crippen LogP contribution in [0, 0.1) is 6.92 Å². The van der Waals surface area contributed by atoms with E-state index in [1.807, 2.05) is 0 Å². The highest BCUT2D eigenvalue weighted by Crippen LogP contribution is 2.14. The SMILES string of the molecule is Cc1ccc(CCNC(=O)CCCn2cncn2)s1. The fourth-order valence-corrected chi connectivity index (χ4v) is 2.67. The molecule has 2 aromatic heterocycles. The summed E-state index contributed by atoms with van der Waals surface area (Å²) in [5.74, 6) is 0.105. The Labute approximate surface area is 116 Å². The van der Waals surface area contributed by atoms with Gasteiger partial charge in [0.2, 0.25) is 5.91 Å². The number of carbonyl (C=O) groups is 1. The third-order valence-corrected chi connectivity index (χ3v) is 3.81.